The molecule has 8 heteroatoms. The molecule has 1 aromatic heterocycles. The Balaban J connectivity index is 1.53. The van der Waals surface area contributed by atoms with Crippen molar-refractivity contribution in [2.75, 3.05) is 0 Å². The van der Waals surface area contributed by atoms with Gasteiger partial charge < -0.3 is 10.2 Å². The number of fused-ring (bicyclic) bond motifs is 1. The van der Waals surface area contributed by atoms with Crippen LogP contribution < -0.4 is 5.32 Å². The predicted molar refractivity (Wildman–Crippen MR) is 93.3 cm³/mol. The van der Waals surface area contributed by atoms with E-state index in [1.807, 2.05) is 0 Å². The standard InChI is InChI=1S/C20H18F3N3O2/c1-11(18-16(23)8-15(22)9-24-18)25-19(28)20(4-5-20)26-10-13-6-14(21)3-2-12(13)7-17(26)27/h2-3,6,8-9,11H,4-5,7,10H2,1H3,(H,25,28)/t11-/m0/s1. The van der Waals surface area contributed by atoms with Crippen LogP contribution in [0.15, 0.2) is 30.5 Å². The smallest absolute Gasteiger partial charge is 0.246 e. The quantitative estimate of drug-likeness (QED) is 0.875. The number of benzene rings is 1. The van der Waals surface area contributed by atoms with Crippen molar-refractivity contribution >= 4 is 11.8 Å². The zero-order chi connectivity index (χ0) is 20.1. The van der Waals surface area contributed by atoms with Gasteiger partial charge in [0.1, 0.15) is 23.0 Å². The van der Waals surface area contributed by atoms with Crippen molar-refractivity contribution in [1.82, 2.24) is 15.2 Å². The normalized spacial score (nSPS) is 18.4. The second-order valence-corrected chi connectivity index (χ2v) is 7.32. The van der Waals surface area contributed by atoms with Crippen molar-refractivity contribution in [3.05, 3.63) is 64.7 Å². The highest BCUT2D eigenvalue weighted by Gasteiger charge is 2.57. The second-order valence-electron chi connectivity index (χ2n) is 7.32. The van der Waals surface area contributed by atoms with Gasteiger partial charge in [-0.05, 0) is 43.0 Å². The number of hydrogen-bond donors (Lipinski definition) is 1. The topological polar surface area (TPSA) is 62.3 Å². The molecule has 2 aliphatic rings. The molecule has 4 rings (SSSR count). The fraction of sp³-hybridized carbons (Fsp3) is 0.350. The molecule has 0 bridgehead atoms. The highest BCUT2D eigenvalue weighted by atomic mass is 19.1. The Kier molecular flexibility index (Phi) is 4.36. The van der Waals surface area contributed by atoms with E-state index in [4.69, 9.17) is 0 Å². The summed E-state index contributed by atoms with van der Waals surface area (Å²) in [6, 6.07) is 4.19. The molecular weight excluding hydrogens is 371 g/mol. The van der Waals surface area contributed by atoms with Gasteiger partial charge in [-0.2, -0.15) is 0 Å². The van der Waals surface area contributed by atoms with Crippen molar-refractivity contribution in [2.45, 2.75) is 44.3 Å². The molecule has 1 atom stereocenters. The van der Waals surface area contributed by atoms with E-state index in [2.05, 4.69) is 10.3 Å². The number of rotatable bonds is 4. The summed E-state index contributed by atoms with van der Waals surface area (Å²) in [5, 5.41) is 2.68. The van der Waals surface area contributed by atoms with E-state index < -0.39 is 34.9 Å². The van der Waals surface area contributed by atoms with E-state index in [9.17, 15) is 22.8 Å². The molecule has 2 amide bonds. The van der Waals surface area contributed by atoms with Crippen LogP contribution in [0.2, 0.25) is 0 Å². The van der Waals surface area contributed by atoms with Gasteiger partial charge in [0.25, 0.3) is 0 Å². The molecule has 146 valence electrons. The van der Waals surface area contributed by atoms with E-state index in [0.717, 1.165) is 11.8 Å². The predicted octanol–water partition coefficient (Wildman–Crippen LogP) is 2.79. The Labute approximate surface area is 159 Å². The Morgan fingerprint density at radius 1 is 1.18 bits per heavy atom. The van der Waals surface area contributed by atoms with E-state index in [1.54, 1.807) is 13.0 Å². The molecule has 1 N–H and O–H groups in total. The van der Waals surface area contributed by atoms with Crippen LogP contribution in [0.1, 0.15) is 42.6 Å². The number of carbonyl (C=O) groups is 2. The molecule has 1 aromatic carbocycles. The van der Waals surface area contributed by atoms with Crippen LogP contribution in [-0.4, -0.2) is 27.2 Å². The van der Waals surface area contributed by atoms with Crippen LogP contribution >= 0.6 is 0 Å². The fourth-order valence-corrected chi connectivity index (χ4v) is 3.70. The molecule has 2 heterocycles. The van der Waals surface area contributed by atoms with Crippen LogP contribution in [0.3, 0.4) is 0 Å². The van der Waals surface area contributed by atoms with Gasteiger partial charge in [0.15, 0.2) is 0 Å². The summed E-state index contributed by atoms with van der Waals surface area (Å²) in [5.74, 6) is -2.67. The summed E-state index contributed by atoms with van der Waals surface area (Å²) in [6.07, 6.45) is 1.94. The minimum absolute atomic E-state index is 0.0806. The number of nitrogens with one attached hydrogen (secondary N) is 1. The van der Waals surface area contributed by atoms with Gasteiger partial charge >= 0.3 is 0 Å². The van der Waals surface area contributed by atoms with Crippen molar-refractivity contribution < 1.29 is 22.8 Å². The van der Waals surface area contributed by atoms with Gasteiger partial charge in [0.05, 0.1) is 24.4 Å². The maximum Gasteiger partial charge on any atom is 0.246 e. The maximum atomic E-state index is 13.9. The first-order valence-corrected chi connectivity index (χ1v) is 9.00. The van der Waals surface area contributed by atoms with Crippen LogP contribution in [0.5, 0.6) is 0 Å². The second kappa shape index (κ2) is 6.61. The Hall–Kier alpha value is -2.90. The number of halogens is 3. The third-order valence-corrected chi connectivity index (χ3v) is 5.40. The summed E-state index contributed by atoms with van der Waals surface area (Å²) in [7, 11) is 0. The molecule has 1 fully saturated rings. The number of amides is 2. The van der Waals surface area contributed by atoms with Crippen LogP contribution in [0.25, 0.3) is 0 Å². The number of pyridine rings is 1. The third kappa shape index (κ3) is 3.12. The zero-order valence-corrected chi connectivity index (χ0v) is 15.1. The number of nitrogens with zero attached hydrogens (tertiary/aromatic N) is 2. The van der Waals surface area contributed by atoms with Gasteiger partial charge in [-0.15, -0.1) is 0 Å². The molecule has 0 spiro atoms. The molecular formula is C20H18F3N3O2. The Bertz CT molecular complexity index is 975. The number of aromatic nitrogens is 1. The van der Waals surface area contributed by atoms with Gasteiger partial charge in [-0.25, -0.2) is 13.2 Å². The molecule has 0 saturated heterocycles. The SMILES string of the molecule is C[C@H](NC(=O)C1(N2Cc3cc(F)ccc3CC2=O)CC1)c1ncc(F)cc1F. The minimum Gasteiger partial charge on any atom is -0.346 e. The summed E-state index contributed by atoms with van der Waals surface area (Å²) < 4.78 is 40.5. The van der Waals surface area contributed by atoms with E-state index in [0.29, 0.717) is 24.5 Å². The highest BCUT2D eigenvalue weighted by molar-refractivity contribution is 5.95. The maximum absolute atomic E-state index is 13.9. The first-order chi connectivity index (χ1) is 13.3. The van der Waals surface area contributed by atoms with E-state index >= 15 is 0 Å². The molecule has 0 radical (unpaired) electrons. The summed E-state index contributed by atoms with van der Waals surface area (Å²) in [5.41, 5.74) is 0.331. The van der Waals surface area contributed by atoms with Crippen LogP contribution in [0.4, 0.5) is 13.2 Å². The lowest BCUT2D eigenvalue weighted by atomic mass is 9.96. The lowest BCUT2D eigenvalue weighted by Crippen LogP contribution is -2.53. The first-order valence-electron chi connectivity index (χ1n) is 9.00. The molecule has 2 aromatic rings. The summed E-state index contributed by atoms with van der Waals surface area (Å²) >= 11 is 0. The van der Waals surface area contributed by atoms with Crippen LogP contribution in [0, 0.1) is 17.5 Å². The average Bonchev–Trinajstić information content (AvgIpc) is 3.43. The molecule has 0 unspecified atom stereocenters. The van der Waals surface area contributed by atoms with Gasteiger partial charge in [0.2, 0.25) is 11.8 Å². The molecule has 1 saturated carbocycles. The number of hydrogen-bond acceptors (Lipinski definition) is 3. The minimum atomic E-state index is -1.02. The van der Waals surface area contributed by atoms with Crippen molar-refractivity contribution in [3.8, 4) is 0 Å². The molecule has 5 nitrogen and oxygen atoms in total. The Morgan fingerprint density at radius 3 is 2.61 bits per heavy atom. The largest absolute Gasteiger partial charge is 0.346 e. The van der Waals surface area contributed by atoms with Crippen molar-refractivity contribution in [2.24, 2.45) is 0 Å². The third-order valence-electron chi connectivity index (χ3n) is 5.40. The van der Waals surface area contributed by atoms with Crippen molar-refractivity contribution in [3.63, 3.8) is 0 Å². The van der Waals surface area contributed by atoms with Gasteiger partial charge in [-0.3, -0.25) is 14.6 Å². The molecule has 1 aliphatic carbocycles. The summed E-state index contributed by atoms with van der Waals surface area (Å²) in [6.45, 7) is 1.69. The Morgan fingerprint density at radius 2 is 1.93 bits per heavy atom. The highest BCUT2D eigenvalue weighted by Crippen LogP contribution is 2.45. The van der Waals surface area contributed by atoms with Crippen LogP contribution in [-0.2, 0) is 22.6 Å². The number of carbonyl (C=O) groups excluding carboxylic acids is 2. The fourth-order valence-electron chi connectivity index (χ4n) is 3.70. The zero-order valence-electron chi connectivity index (χ0n) is 15.1. The van der Waals surface area contributed by atoms with E-state index in [1.165, 1.54) is 17.0 Å². The lowest BCUT2D eigenvalue weighted by molar-refractivity contribution is -0.143. The lowest BCUT2D eigenvalue weighted by Gasteiger charge is -2.35. The molecule has 1 aliphatic heterocycles. The van der Waals surface area contributed by atoms with Gasteiger partial charge in [-0.1, -0.05) is 6.07 Å². The molecule has 28 heavy (non-hydrogen) atoms. The van der Waals surface area contributed by atoms with E-state index in [-0.39, 0.29) is 24.6 Å². The first kappa shape index (κ1) is 18.5. The average molecular weight is 389 g/mol. The van der Waals surface area contributed by atoms with Crippen molar-refractivity contribution in [1.29, 1.82) is 0 Å². The van der Waals surface area contributed by atoms with Gasteiger partial charge in [0, 0.05) is 12.6 Å². The summed E-state index contributed by atoms with van der Waals surface area (Å²) in [4.78, 5) is 30.7. The monoisotopic (exact) mass is 389 g/mol.